The van der Waals surface area contributed by atoms with E-state index in [0.717, 1.165) is 22.7 Å². The van der Waals surface area contributed by atoms with Gasteiger partial charge >= 0.3 is 0 Å². The van der Waals surface area contributed by atoms with Crippen LogP contribution in [0.4, 0.5) is 17.1 Å². The lowest BCUT2D eigenvalue weighted by molar-refractivity contribution is 0.660. The molecule has 1 aliphatic carbocycles. The summed E-state index contributed by atoms with van der Waals surface area (Å²) < 4.78 is 4.94. The zero-order valence-electron chi connectivity index (χ0n) is 33.4. The number of para-hydroxylation sites is 7. The first kappa shape index (κ1) is 33.4. The second-order valence-electron chi connectivity index (χ2n) is 16.9. The molecule has 282 valence electrons. The Morgan fingerprint density at radius 1 is 0.383 bits per heavy atom. The predicted molar refractivity (Wildman–Crippen MR) is 253 cm³/mol. The Hall–Kier alpha value is -7.62. The Labute approximate surface area is 347 Å². The van der Waals surface area contributed by atoms with Crippen molar-refractivity contribution in [2.24, 2.45) is 0 Å². The smallest absolute Gasteiger partial charge is 0.0702 e. The van der Waals surface area contributed by atoms with Crippen LogP contribution >= 0.6 is 0 Å². The first-order chi connectivity index (χ1) is 29.6. The molecule has 3 aromatic heterocycles. The molecule has 3 nitrogen and oxygen atoms in total. The van der Waals surface area contributed by atoms with Gasteiger partial charge in [-0.1, -0.05) is 159 Å². The van der Waals surface area contributed by atoms with Crippen LogP contribution in [0, 0.1) is 0 Å². The lowest BCUT2D eigenvalue weighted by atomic mass is 9.82. The maximum absolute atomic E-state index is 2.50. The molecule has 0 saturated carbocycles. The highest BCUT2D eigenvalue weighted by Gasteiger charge is 2.36. The van der Waals surface area contributed by atoms with E-state index in [4.69, 9.17) is 0 Å². The van der Waals surface area contributed by atoms with E-state index in [9.17, 15) is 0 Å². The first-order valence-corrected chi connectivity index (χ1v) is 20.9. The van der Waals surface area contributed by atoms with Crippen molar-refractivity contribution < 1.29 is 0 Å². The van der Waals surface area contributed by atoms with Gasteiger partial charge in [0.1, 0.15) is 0 Å². The van der Waals surface area contributed by atoms with Crippen molar-refractivity contribution in [3.63, 3.8) is 0 Å². The fourth-order valence-corrected chi connectivity index (χ4v) is 10.8. The van der Waals surface area contributed by atoms with Gasteiger partial charge in [0.2, 0.25) is 0 Å². The van der Waals surface area contributed by atoms with Crippen molar-refractivity contribution in [1.82, 2.24) is 8.97 Å². The normalized spacial score (nSPS) is 13.3. The van der Waals surface area contributed by atoms with Gasteiger partial charge in [0.15, 0.2) is 0 Å². The van der Waals surface area contributed by atoms with Gasteiger partial charge < -0.3 is 13.9 Å². The molecule has 0 amide bonds. The molecule has 0 fully saturated rings. The third-order valence-electron chi connectivity index (χ3n) is 13.4. The lowest BCUT2D eigenvalue weighted by Crippen LogP contribution is -2.16. The predicted octanol–water partition coefficient (Wildman–Crippen LogP) is 15.4. The van der Waals surface area contributed by atoms with Gasteiger partial charge in [-0.05, 0) is 82.4 Å². The standard InChI is InChI=1S/C57H39N3/c1-57(2)48-23-7-3-15-40(48)47-35-38(33-34-49(47)57)58(53-27-11-12-28-54(53)59-50-24-8-4-16-41(50)42-17-5-9-25-51(42)59)37-31-29-36(30-32-37)39-19-13-21-45-46-22-14-20-44-43-18-6-10-26-52(43)60(55(39)45)56(44)46/h3-35H,1-2H3. The zero-order chi connectivity index (χ0) is 39.7. The fraction of sp³-hybridized carbons (Fsp3) is 0.0526. The van der Waals surface area contributed by atoms with Crippen LogP contribution in [0.3, 0.4) is 0 Å². The molecule has 60 heavy (non-hydrogen) atoms. The first-order valence-electron chi connectivity index (χ1n) is 20.9. The minimum absolute atomic E-state index is 0.0793. The van der Waals surface area contributed by atoms with Crippen LogP contribution in [-0.2, 0) is 5.41 Å². The van der Waals surface area contributed by atoms with E-state index in [1.165, 1.54) is 93.3 Å². The van der Waals surface area contributed by atoms with Gasteiger partial charge in [-0.25, -0.2) is 0 Å². The Bertz CT molecular complexity index is 3640. The molecule has 9 aromatic carbocycles. The van der Waals surface area contributed by atoms with E-state index in [0.29, 0.717) is 0 Å². The van der Waals surface area contributed by atoms with Gasteiger partial charge in [0, 0.05) is 54.7 Å². The molecule has 12 aromatic rings. The molecule has 13 rings (SSSR count). The zero-order valence-corrected chi connectivity index (χ0v) is 33.4. The second-order valence-corrected chi connectivity index (χ2v) is 16.9. The van der Waals surface area contributed by atoms with Gasteiger partial charge in [0.25, 0.3) is 0 Å². The summed E-state index contributed by atoms with van der Waals surface area (Å²) in [6, 6.07) is 74.1. The van der Waals surface area contributed by atoms with Crippen molar-refractivity contribution in [3.05, 3.63) is 211 Å². The Kier molecular flexibility index (Phi) is 6.78. The molecule has 0 saturated heterocycles. The average Bonchev–Trinajstić information content (AvgIpc) is 4.00. The van der Waals surface area contributed by atoms with E-state index in [-0.39, 0.29) is 5.41 Å². The van der Waals surface area contributed by atoms with Gasteiger partial charge in [-0.15, -0.1) is 0 Å². The van der Waals surface area contributed by atoms with E-state index in [1.807, 2.05) is 0 Å². The molecule has 1 aliphatic rings. The lowest BCUT2D eigenvalue weighted by Gasteiger charge is -2.29. The maximum atomic E-state index is 2.50. The van der Waals surface area contributed by atoms with Crippen LogP contribution in [0.25, 0.3) is 87.8 Å². The Morgan fingerprint density at radius 2 is 0.900 bits per heavy atom. The highest BCUT2D eigenvalue weighted by Crippen LogP contribution is 2.51. The molecule has 0 N–H and O–H groups in total. The molecule has 0 spiro atoms. The largest absolute Gasteiger partial charge is 0.308 e. The van der Waals surface area contributed by atoms with Gasteiger partial charge in [-0.2, -0.15) is 0 Å². The molecule has 0 aliphatic heterocycles. The van der Waals surface area contributed by atoms with E-state index in [1.54, 1.807) is 0 Å². The fourth-order valence-electron chi connectivity index (χ4n) is 10.8. The SMILES string of the molecule is CC1(C)c2ccccc2-c2cc(N(c3ccc(-c4cccc5c6cccc7c8ccccc8n(c45)c76)cc3)c3ccccc3-n3c4ccccc4c4ccccc43)ccc21. The number of aromatic nitrogens is 2. The number of fused-ring (bicyclic) bond motifs is 12. The number of nitrogens with zero attached hydrogens (tertiary/aromatic N) is 3. The molecule has 0 atom stereocenters. The number of hydrogen-bond acceptors (Lipinski definition) is 1. The van der Waals surface area contributed by atoms with Crippen LogP contribution in [0.1, 0.15) is 25.0 Å². The summed E-state index contributed by atoms with van der Waals surface area (Å²) in [5, 5.41) is 7.68. The Morgan fingerprint density at radius 3 is 1.65 bits per heavy atom. The molecule has 0 bridgehead atoms. The number of benzene rings is 9. The number of rotatable bonds is 5. The molecule has 0 unspecified atom stereocenters. The summed E-state index contributed by atoms with van der Waals surface area (Å²) in [6.45, 7) is 4.71. The van der Waals surface area contributed by atoms with Crippen molar-refractivity contribution in [2.75, 3.05) is 4.90 Å². The van der Waals surface area contributed by atoms with Gasteiger partial charge in [0.05, 0.1) is 39.0 Å². The van der Waals surface area contributed by atoms with Crippen molar-refractivity contribution in [3.8, 4) is 27.9 Å². The van der Waals surface area contributed by atoms with Crippen LogP contribution in [0.15, 0.2) is 200 Å². The summed E-state index contributed by atoms with van der Waals surface area (Å²) in [4.78, 5) is 2.46. The van der Waals surface area contributed by atoms with E-state index >= 15 is 0 Å². The minimum Gasteiger partial charge on any atom is -0.308 e. The van der Waals surface area contributed by atoms with Crippen LogP contribution in [0.2, 0.25) is 0 Å². The Balaban J connectivity index is 1.04. The summed E-state index contributed by atoms with van der Waals surface area (Å²) >= 11 is 0. The topological polar surface area (TPSA) is 12.6 Å². The van der Waals surface area contributed by atoms with Gasteiger partial charge in [-0.3, -0.25) is 0 Å². The molecule has 0 radical (unpaired) electrons. The van der Waals surface area contributed by atoms with Crippen LogP contribution in [0.5, 0.6) is 0 Å². The third kappa shape index (κ3) is 4.44. The molecular formula is C57H39N3. The summed E-state index contributed by atoms with van der Waals surface area (Å²) in [7, 11) is 0. The monoisotopic (exact) mass is 765 g/mol. The number of anilines is 3. The molecule has 3 heterocycles. The van der Waals surface area contributed by atoms with E-state index in [2.05, 4.69) is 228 Å². The van der Waals surface area contributed by atoms with Crippen molar-refractivity contribution >= 4 is 77.0 Å². The van der Waals surface area contributed by atoms with Crippen LogP contribution in [-0.4, -0.2) is 8.97 Å². The second kappa shape index (κ2) is 12.2. The average molecular weight is 766 g/mol. The minimum atomic E-state index is -0.0793. The highest BCUT2D eigenvalue weighted by atomic mass is 15.2. The quantitative estimate of drug-likeness (QED) is 0.170. The highest BCUT2D eigenvalue weighted by molar-refractivity contribution is 6.25. The third-order valence-corrected chi connectivity index (χ3v) is 13.4. The van der Waals surface area contributed by atoms with Crippen molar-refractivity contribution in [1.29, 1.82) is 0 Å². The molecular weight excluding hydrogens is 727 g/mol. The summed E-state index contributed by atoms with van der Waals surface area (Å²) in [5.41, 5.74) is 18.3. The van der Waals surface area contributed by atoms with Crippen LogP contribution < -0.4 is 4.90 Å². The summed E-state index contributed by atoms with van der Waals surface area (Å²) in [5.74, 6) is 0. The number of hydrogen-bond donors (Lipinski definition) is 0. The van der Waals surface area contributed by atoms with Crippen molar-refractivity contribution in [2.45, 2.75) is 19.3 Å². The van der Waals surface area contributed by atoms with E-state index < -0.39 is 0 Å². The molecule has 3 heteroatoms. The maximum Gasteiger partial charge on any atom is 0.0702 e. The summed E-state index contributed by atoms with van der Waals surface area (Å²) in [6.07, 6.45) is 0.